The minimum absolute atomic E-state index is 0.0935. The first-order valence-electron chi connectivity index (χ1n) is 9.35. The van der Waals surface area contributed by atoms with E-state index in [1.165, 1.54) is 23.9 Å². The van der Waals surface area contributed by atoms with Crippen LogP contribution in [0.5, 0.6) is 0 Å². The number of carbonyl (C=O) groups is 1. The molecule has 2 aromatic heterocycles. The van der Waals surface area contributed by atoms with Crippen LogP contribution < -0.4 is 4.90 Å². The number of carbonyl (C=O) groups excluding carboxylic acids is 1. The highest BCUT2D eigenvalue weighted by Gasteiger charge is 2.22. The van der Waals surface area contributed by atoms with E-state index in [0.29, 0.717) is 31.9 Å². The van der Waals surface area contributed by atoms with Crippen LogP contribution in [0, 0.1) is 12.7 Å². The Balaban J connectivity index is 1.29. The highest BCUT2D eigenvalue weighted by Crippen LogP contribution is 2.20. The van der Waals surface area contributed by atoms with E-state index in [-0.39, 0.29) is 11.7 Å². The molecule has 150 valence electrons. The van der Waals surface area contributed by atoms with E-state index < -0.39 is 0 Å². The second-order valence-corrected chi connectivity index (χ2v) is 7.75. The molecule has 3 heterocycles. The Hall–Kier alpha value is -2.94. The summed E-state index contributed by atoms with van der Waals surface area (Å²) in [4.78, 5) is 21.6. The SMILES string of the molecule is Cc1nccn1-c1ccc(N2CCN(C(=O)CSc3ccc(F)cc3)CC2)nn1. The van der Waals surface area contributed by atoms with E-state index in [1.54, 1.807) is 18.3 Å². The molecule has 1 amide bonds. The lowest BCUT2D eigenvalue weighted by Gasteiger charge is -2.35. The van der Waals surface area contributed by atoms with Gasteiger partial charge in [0.05, 0.1) is 5.75 Å². The first-order chi connectivity index (χ1) is 14.1. The molecule has 0 atom stereocenters. The number of imidazole rings is 1. The molecule has 0 bridgehead atoms. The average molecular weight is 412 g/mol. The highest BCUT2D eigenvalue weighted by molar-refractivity contribution is 8.00. The van der Waals surface area contributed by atoms with Crippen molar-refractivity contribution in [1.82, 2.24) is 24.6 Å². The van der Waals surface area contributed by atoms with Crippen LogP contribution >= 0.6 is 11.8 Å². The highest BCUT2D eigenvalue weighted by atomic mass is 32.2. The van der Waals surface area contributed by atoms with Crippen molar-refractivity contribution in [3.8, 4) is 5.82 Å². The maximum absolute atomic E-state index is 13.0. The summed E-state index contributed by atoms with van der Waals surface area (Å²) in [5.41, 5.74) is 0. The largest absolute Gasteiger partial charge is 0.352 e. The second kappa shape index (κ2) is 8.60. The fourth-order valence-electron chi connectivity index (χ4n) is 3.19. The molecular formula is C20H21FN6OS. The van der Waals surface area contributed by atoms with E-state index in [2.05, 4.69) is 20.1 Å². The Morgan fingerprint density at radius 2 is 1.72 bits per heavy atom. The van der Waals surface area contributed by atoms with Crippen LogP contribution in [0.2, 0.25) is 0 Å². The van der Waals surface area contributed by atoms with Crippen molar-refractivity contribution >= 4 is 23.5 Å². The molecule has 0 N–H and O–H groups in total. The number of hydrogen-bond acceptors (Lipinski definition) is 6. The van der Waals surface area contributed by atoms with Crippen molar-refractivity contribution in [3.63, 3.8) is 0 Å². The van der Waals surface area contributed by atoms with Crippen LogP contribution in [0.25, 0.3) is 5.82 Å². The van der Waals surface area contributed by atoms with Crippen LogP contribution in [-0.2, 0) is 4.79 Å². The number of benzene rings is 1. The van der Waals surface area contributed by atoms with Gasteiger partial charge in [-0.3, -0.25) is 9.36 Å². The van der Waals surface area contributed by atoms with Gasteiger partial charge < -0.3 is 9.80 Å². The number of amides is 1. The van der Waals surface area contributed by atoms with Crippen LogP contribution in [0.4, 0.5) is 10.2 Å². The summed E-state index contributed by atoms with van der Waals surface area (Å²) in [6, 6.07) is 10.1. The molecule has 7 nitrogen and oxygen atoms in total. The minimum atomic E-state index is -0.270. The lowest BCUT2D eigenvalue weighted by atomic mass is 10.3. The Morgan fingerprint density at radius 1 is 1.03 bits per heavy atom. The number of piperazine rings is 1. The van der Waals surface area contributed by atoms with E-state index in [9.17, 15) is 9.18 Å². The molecule has 4 rings (SSSR count). The number of aryl methyl sites for hydroxylation is 1. The van der Waals surface area contributed by atoms with Gasteiger partial charge in [-0.2, -0.15) is 0 Å². The van der Waals surface area contributed by atoms with Crippen molar-refractivity contribution in [2.75, 3.05) is 36.8 Å². The summed E-state index contributed by atoms with van der Waals surface area (Å²) < 4.78 is 14.8. The lowest BCUT2D eigenvalue weighted by molar-refractivity contribution is -0.128. The van der Waals surface area contributed by atoms with E-state index >= 15 is 0 Å². The van der Waals surface area contributed by atoms with Gasteiger partial charge in [0.2, 0.25) is 5.91 Å². The first kappa shape index (κ1) is 19.4. The molecule has 0 unspecified atom stereocenters. The maximum atomic E-state index is 13.0. The third kappa shape index (κ3) is 4.56. The van der Waals surface area contributed by atoms with Gasteiger partial charge in [-0.15, -0.1) is 22.0 Å². The van der Waals surface area contributed by atoms with Crippen LogP contribution in [0.1, 0.15) is 5.82 Å². The Kier molecular flexibility index (Phi) is 5.75. The van der Waals surface area contributed by atoms with Crippen LogP contribution in [0.3, 0.4) is 0 Å². The monoisotopic (exact) mass is 412 g/mol. The lowest BCUT2D eigenvalue weighted by Crippen LogP contribution is -2.49. The number of thioether (sulfide) groups is 1. The molecule has 1 aliphatic rings. The normalized spacial score (nSPS) is 14.3. The minimum Gasteiger partial charge on any atom is -0.352 e. The molecule has 1 aromatic carbocycles. The van der Waals surface area contributed by atoms with Crippen molar-refractivity contribution in [2.45, 2.75) is 11.8 Å². The fraction of sp³-hybridized carbons (Fsp3) is 0.300. The number of anilines is 1. The summed E-state index contributed by atoms with van der Waals surface area (Å²) in [6.07, 6.45) is 3.59. The third-order valence-corrected chi connectivity index (χ3v) is 5.84. The molecule has 0 saturated carbocycles. The molecule has 3 aromatic rings. The predicted molar refractivity (Wildman–Crippen MR) is 110 cm³/mol. The summed E-state index contributed by atoms with van der Waals surface area (Å²) >= 11 is 1.43. The third-order valence-electron chi connectivity index (χ3n) is 4.84. The summed E-state index contributed by atoms with van der Waals surface area (Å²) in [6.45, 7) is 4.64. The van der Waals surface area contributed by atoms with E-state index in [0.717, 1.165) is 22.4 Å². The van der Waals surface area contributed by atoms with Crippen LogP contribution in [0.15, 0.2) is 53.7 Å². The zero-order valence-electron chi connectivity index (χ0n) is 16.0. The Bertz CT molecular complexity index is 967. The molecule has 0 radical (unpaired) electrons. The molecule has 9 heteroatoms. The van der Waals surface area contributed by atoms with Crippen molar-refractivity contribution < 1.29 is 9.18 Å². The number of nitrogens with zero attached hydrogens (tertiary/aromatic N) is 6. The van der Waals surface area contributed by atoms with Gasteiger partial charge in [-0.1, -0.05) is 0 Å². The van der Waals surface area contributed by atoms with Gasteiger partial charge in [0, 0.05) is 43.5 Å². The zero-order valence-corrected chi connectivity index (χ0v) is 16.8. The van der Waals surface area contributed by atoms with Gasteiger partial charge in [-0.25, -0.2) is 9.37 Å². The molecule has 1 saturated heterocycles. The molecular weight excluding hydrogens is 391 g/mol. The smallest absolute Gasteiger partial charge is 0.233 e. The zero-order chi connectivity index (χ0) is 20.2. The van der Waals surface area contributed by atoms with Crippen molar-refractivity contribution in [1.29, 1.82) is 0 Å². The average Bonchev–Trinajstić information content (AvgIpc) is 3.19. The van der Waals surface area contributed by atoms with Gasteiger partial charge >= 0.3 is 0 Å². The van der Waals surface area contributed by atoms with Crippen molar-refractivity contribution in [3.05, 3.63) is 60.4 Å². The van der Waals surface area contributed by atoms with Gasteiger partial charge in [0.15, 0.2) is 11.6 Å². The molecule has 29 heavy (non-hydrogen) atoms. The van der Waals surface area contributed by atoms with Gasteiger partial charge in [0.25, 0.3) is 0 Å². The first-order valence-corrected chi connectivity index (χ1v) is 10.3. The second-order valence-electron chi connectivity index (χ2n) is 6.70. The van der Waals surface area contributed by atoms with Gasteiger partial charge in [0.1, 0.15) is 11.6 Å². The van der Waals surface area contributed by atoms with Gasteiger partial charge in [-0.05, 0) is 43.3 Å². The number of aromatic nitrogens is 4. The predicted octanol–water partition coefficient (Wildman–Crippen LogP) is 2.55. The summed E-state index contributed by atoms with van der Waals surface area (Å²) in [5, 5.41) is 8.64. The van der Waals surface area contributed by atoms with E-state index in [1.807, 2.05) is 34.7 Å². The fourth-order valence-corrected chi connectivity index (χ4v) is 3.99. The maximum Gasteiger partial charge on any atom is 0.233 e. The Morgan fingerprint density at radius 3 is 2.34 bits per heavy atom. The molecule has 0 aliphatic carbocycles. The standard InChI is InChI=1S/C20H21FN6OS/c1-15-22-8-9-27(15)19-7-6-18(23-24-19)25-10-12-26(13-11-25)20(28)14-29-17-4-2-16(21)3-5-17/h2-9H,10-14H2,1H3. The molecule has 1 aliphatic heterocycles. The van der Waals surface area contributed by atoms with E-state index in [4.69, 9.17) is 0 Å². The van der Waals surface area contributed by atoms with Crippen molar-refractivity contribution in [2.24, 2.45) is 0 Å². The quantitative estimate of drug-likeness (QED) is 0.600. The summed E-state index contributed by atoms with van der Waals surface area (Å²) in [5.74, 6) is 2.57. The topological polar surface area (TPSA) is 67.2 Å². The molecule has 1 fully saturated rings. The number of hydrogen-bond donors (Lipinski definition) is 0. The Labute approximate surface area is 172 Å². The number of halogens is 1. The molecule has 0 spiro atoms. The van der Waals surface area contributed by atoms with Crippen LogP contribution in [-0.4, -0.2) is 62.5 Å². The number of rotatable bonds is 5. The summed E-state index contributed by atoms with van der Waals surface area (Å²) in [7, 11) is 0.